The van der Waals surface area contributed by atoms with Crippen LogP contribution in [-0.4, -0.2) is 32.5 Å². The van der Waals surface area contributed by atoms with Crippen LogP contribution in [0.5, 0.6) is 5.75 Å². The predicted molar refractivity (Wildman–Crippen MR) is 87.3 cm³/mol. The number of rotatable bonds is 5. The van der Waals surface area contributed by atoms with E-state index < -0.39 is 0 Å². The van der Waals surface area contributed by atoms with Gasteiger partial charge >= 0.3 is 0 Å². The first-order valence-corrected chi connectivity index (χ1v) is 7.94. The monoisotopic (exact) mass is 329 g/mol. The van der Waals surface area contributed by atoms with Gasteiger partial charge in [-0.3, -0.25) is 10.1 Å². The number of nitrogens with zero attached hydrogens (tertiary/aromatic N) is 4. The Morgan fingerprint density at radius 2 is 2.22 bits per heavy atom. The fraction of sp³-hybridized carbons (Fsp3) is 0.200. The number of carbonyl (C=O) groups excluding carboxylic acids is 1. The molecule has 8 heteroatoms. The first-order valence-electron chi connectivity index (χ1n) is 7.06. The number of hydrogen-bond donors (Lipinski definition) is 1. The second-order valence-electron chi connectivity index (χ2n) is 4.63. The third kappa shape index (κ3) is 3.07. The van der Waals surface area contributed by atoms with Gasteiger partial charge in [-0.1, -0.05) is 17.3 Å². The van der Waals surface area contributed by atoms with Gasteiger partial charge in [-0.05, 0) is 26.0 Å². The highest BCUT2D eigenvalue weighted by atomic mass is 32.1. The molecule has 23 heavy (non-hydrogen) atoms. The number of thiazole rings is 1. The maximum Gasteiger partial charge on any atom is 0.279 e. The van der Waals surface area contributed by atoms with E-state index in [0.29, 0.717) is 23.2 Å². The van der Waals surface area contributed by atoms with Gasteiger partial charge in [0.15, 0.2) is 10.8 Å². The molecule has 118 valence electrons. The summed E-state index contributed by atoms with van der Waals surface area (Å²) >= 11 is 1.35. The van der Waals surface area contributed by atoms with E-state index in [1.165, 1.54) is 11.3 Å². The Kier molecular flexibility index (Phi) is 4.33. The molecule has 1 amide bonds. The molecule has 0 aliphatic rings. The van der Waals surface area contributed by atoms with Gasteiger partial charge in [0.25, 0.3) is 5.91 Å². The Bertz CT molecular complexity index is 813. The number of ether oxygens (including phenoxy) is 1. The van der Waals surface area contributed by atoms with Crippen LogP contribution in [0.25, 0.3) is 5.69 Å². The van der Waals surface area contributed by atoms with Crippen molar-refractivity contribution in [3.8, 4) is 11.4 Å². The topological polar surface area (TPSA) is 81.9 Å². The highest BCUT2D eigenvalue weighted by molar-refractivity contribution is 7.13. The highest BCUT2D eigenvalue weighted by Gasteiger charge is 2.19. The maximum atomic E-state index is 12.3. The molecule has 0 aliphatic heterocycles. The van der Waals surface area contributed by atoms with Crippen molar-refractivity contribution in [1.29, 1.82) is 0 Å². The summed E-state index contributed by atoms with van der Waals surface area (Å²) in [6.45, 7) is 4.25. The van der Waals surface area contributed by atoms with Crippen molar-refractivity contribution >= 4 is 22.4 Å². The maximum absolute atomic E-state index is 12.3. The summed E-state index contributed by atoms with van der Waals surface area (Å²) < 4.78 is 7.20. The second-order valence-corrected chi connectivity index (χ2v) is 5.52. The van der Waals surface area contributed by atoms with Gasteiger partial charge in [-0.25, -0.2) is 9.67 Å². The van der Waals surface area contributed by atoms with Crippen LogP contribution in [0.1, 0.15) is 23.1 Å². The second kappa shape index (κ2) is 6.57. The van der Waals surface area contributed by atoms with Crippen LogP contribution in [0, 0.1) is 6.92 Å². The van der Waals surface area contributed by atoms with Crippen LogP contribution >= 0.6 is 11.3 Å². The number of benzene rings is 1. The van der Waals surface area contributed by atoms with Crippen LogP contribution < -0.4 is 10.1 Å². The van der Waals surface area contributed by atoms with E-state index in [0.717, 1.165) is 5.69 Å². The zero-order chi connectivity index (χ0) is 16.2. The van der Waals surface area contributed by atoms with Crippen LogP contribution in [-0.2, 0) is 0 Å². The number of nitrogens with one attached hydrogen (secondary N) is 1. The molecule has 2 heterocycles. The van der Waals surface area contributed by atoms with E-state index in [-0.39, 0.29) is 11.6 Å². The van der Waals surface area contributed by atoms with Gasteiger partial charge in [-0.2, -0.15) is 0 Å². The Balaban J connectivity index is 1.92. The van der Waals surface area contributed by atoms with Crippen molar-refractivity contribution in [2.45, 2.75) is 13.8 Å². The number of anilines is 1. The molecule has 1 N–H and O–H groups in total. The SMILES string of the molecule is CCOc1ccccc1-n1nnc(C(=O)Nc2nccs2)c1C. The lowest BCUT2D eigenvalue weighted by Crippen LogP contribution is -2.14. The van der Waals surface area contributed by atoms with Gasteiger partial charge in [0.1, 0.15) is 11.4 Å². The molecular formula is C15H15N5O2S. The van der Waals surface area contributed by atoms with E-state index in [1.54, 1.807) is 23.2 Å². The number of carbonyl (C=O) groups is 1. The summed E-state index contributed by atoms with van der Waals surface area (Å²) in [4.78, 5) is 16.3. The molecule has 7 nitrogen and oxygen atoms in total. The van der Waals surface area contributed by atoms with Crippen molar-refractivity contribution in [2.24, 2.45) is 0 Å². The summed E-state index contributed by atoms with van der Waals surface area (Å²) in [6, 6.07) is 7.50. The van der Waals surface area contributed by atoms with Crippen molar-refractivity contribution in [2.75, 3.05) is 11.9 Å². The molecule has 0 spiro atoms. The van der Waals surface area contributed by atoms with Gasteiger partial charge in [0, 0.05) is 11.6 Å². The smallest absolute Gasteiger partial charge is 0.279 e. The summed E-state index contributed by atoms with van der Waals surface area (Å²) in [7, 11) is 0. The van der Waals surface area contributed by atoms with Gasteiger partial charge < -0.3 is 4.74 Å². The number of hydrogen-bond acceptors (Lipinski definition) is 6. The normalized spacial score (nSPS) is 10.5. The van der Waals surface area contributed by atoms with E-state index in [4.69, 9.17) is 4.74 Å². The fourth-order valence-corrected chi connectivity index (χ4v) is 2.64. The molecule has 3 aromatic rings. The van der Waals surface area contributed by atoms with Gasteiger partial charge in [-0.15, -0.1) is 16.4 Å². The largest absolute Gasteiger partial charge is 0.492 e. The molecule has 2 aromatic heterocycles. The molecule has 0 bridgehead atoms. The predicted octanol–water partition coefficient (Wildman–Crippen LogP) is 2.68. The minimum absolute atomic E-state index is 0.256. The zero-order valence-electron chi connectivity index (χ0n) is 12.7. The molecule has 0 atom stereocenters. The van der Waals surface area contributed by atoms with E-state index >= 15 is 0 Å². The molecule has 3 rings (SSSR count). The standard InChI is InChI=1S/C15H15N5O2S/c1-3-22-12-7-5-4-6-11(12)20-10(2)13(18-19-20)14(21)17-15-16-8-9-23-15/h4-9H,3H2,1-2H3,(H,16,17,21). The summed E-state index contributed by atoms with van der Waals surface area (Å²) in [6.07, 6.45) is 1.63. The summed E-state index contributed by atoms with van der Waals surface area (Å²) in [5.74, 6) is 0.354. The highest BCUT2D eigenvalue weighted by Crippen LogP contribution is 2.24. The summed E-state index contributed by atoms with van der Waals surface area (Å²) in [5.41, 5.74) is 1.63. The number of aromatic nitrogens is 4. The molecule has 0 radical (unpaired) electrons. The summed E-state index contributed by atoms with van der Waals surface area (Å²) in [5, 5.41) is 13.1. The Morgan fingerprint density at radius 1 is 1.39 bits per heavy atom. The molecule has 0 saturated heterocycles. The lowest BCUT2D eigenvalue weighted by atomic mass is 10.2. The minimum atomic E-state index is -0.336. The minimum Gasteiger partial charge on any atom is -0.492 e. The van der Waals surface area contributed by atoms with Crippen molar-refractivity contribution < 1.29 is 9.53 Å². The van der Waals surface area contributed by atoms with E-state index in [2.05, 4.69) is 20.6 Å². The third-order valence-electron chi connectivity index (χ3n) is 3.16. The van der Waals surface area contributed by atoms with Crippen LogP contribution in [0.2, 0.25) is 0 Å². The molecule has 0 unspecified atom stereocenters. The molecule has 1 aromatic carbocycles. The van der Waals surface area contributed by atoms with E-state index in [9.17, 15) is 4.79 Å². The quantitative estimate of drug-likeness (QED) is 0.778. The van der Waals surface area contributed by atoms with Crippen molar-refractivity contribution in [3.05, 3.63) is 47.2 Å². The third-order valence-corrected chi connectivity index (χ3v) is 3.84. The Hall–Kier alpha value is -2.74. The lowest BCUT2D eigenvalue weighted by molar-refractivity contribution is 0.102. The molecule has 0 aliphatic carbocycles. The lowest BCUT2D eigenvalue weighted by Gasteiger charge is -2.10. The van der Waals surface area contributed by atoms with Gasteiger partial charge in [0.2, 0.25) is 0 Å². The first kappa shape index (κ1) is 15.2. The number of para-hydroxylation sites is 2. The zero-order valence-corrected chi connectivity index (χ0v) is 13.5. The Morgan fingerprint density at radius 3 is 2.96 bits per heavy atom. The van der Waals surface area contributed by atoms with E-state index in [1.807, 2.05) is 31.2 Å². The molecule has 0 fully saturated rings. The van der Waals surface area contributed by atoms with Crippen LogP contribution in [0.15, 0.2) is 35.8 Å². The van der Waals surface area contributed by atoms with Gasteiger partial charge in [0.05, 0.1) is 12.3 Å². The first-order chi connectivity index (χ1) is 11.2. The van der Waals surface area contributed by atoms with Crippen molar-refractivity contribution in [3.63, 3.8) is 0 Å². The molecular weight excluding hydrogens is 314 g/mol. The fourth-order valence-electron chi connectivity index (χ4n) is 2.12. The molecule has 0 saturated carbocycles. The Labute approximate surface area is 136 Å². The number of amides is 1. The van der Waals surface area contributed by atoms with Crippen molar-refractivity contribution in [1.82, 2.24) is 20.0 Å². The van der Waals surface area contributed by atoms with Crippen LogP contribution in [0.3, 0.4) is 0 Å². The van der Waals surface area contributed by atoms with Crippen LogP contribution in [0.4, 0.5) is 5.13 Å². The average molecular weight is 329 g/mol. The average Bonchev–Trinajstić information content (AvgIpc) is 3.18.